The molecule has 0 aromatic heterocycles. The molecule has 25 heavy (non-hydrogen) atoms. The monoisotopic (exact) mass is 393 g/mol. The number of hydrogen-bond acceptors (Lipinski definition) is 3. The molecule has 0 saturated heterocycles. The number of carbonyl (C=O) groups is 2. The van der Waals surface area contributed by atoms with E-state index in [1.54, 1.807) is 49.4 Å². The molecule has 1 fully saturated rings. The van der Waals surface area contributed by atoms with Gasteiger partial charge in [0.25, 0.3) is 5.91 Å². The van der Waals surface area contributed by atoms with Crippen molar-refractivity contribution >= 4 is 51.7 Å². The van der Waals surface area contributed by atoms with E-state index in [-0.39, 0.29) is 11.0 Å². The quantitative estimate of drug-likeness (QED) is 0.677. The molecule has 1 amide bonds. The van der Waals surface area contributed by atoms with E-state index in [0.717, 1.165) is 12.8 Å². The van der Waals surface area contributed by atoms with Crippen LogP contribution in [0, 0.1) is 0 Å². The summed E-state index contributed by atoms with van der Waals surface area (Å²) in [5.41, 5.74) is 1.07. The Labute approximate surface area is 161 Å². The fourth-order valence-electron chi connectivity index (χ4n) is 2.43. The van der Waals surface area contributed by atoms with E-state index in [4.69, 9.17) is 23.2 Å². The van der Waals surface area contributed by atoms with Crippen molar-refractivity contribution in [3.05, 3.63) is 64.1 Å². The van der Waals surface area contributed by atoms with Crippen LogP contribution in [0.1, 0.15) is 30.1 Å². The van der Waals surface area contributed by atoms with Crippen molar-refractivity contribution in [1.82, 2.24) is 0 Å². The van der Waals surface area contributed by atoms with Crippen molar-refractivity contribution < 1.29 is 9.59 Å². The van der Waals surface area contributed by atoms with Gasteiger partial charge >= 0.3 is 0 Å². The first-order valence-corrected chi connectivity index (χ1v) is 9.65. The number of nitrogens with zero attached hydrogens (tertiary/aromatic N) is 1. The van der Waals surface area contributed by atoms with Crippen LogP contribution >= 0.6 is 35.0 Å². The highest BCUT2D eigenvalue weighted by molar-refractivity contribution is 8.14. The molecule has 1 aliphatic rings. The summed E-state index contributed by atoms with van der Waals surface area (Å²) in [7, 11) is 0. The van der Waals surface area contributed by atoms with Gasteiger partial charge in [0.1, 0.15) is 6.04 Å². The lowest BCUT2D eigenvalue weighted by Crippen LogP contribution is -2.42. The number of benzene rings is 2. The molecule has 2 aromatic rings. The Hall–Kier alpha value is -1.49. The summed E-state index contributed by atoms with van der Waals surface area (Å²) in [4.78, 5) is 27.2. The fourth-order valence-corrected chi connectivity index (χ4v) is 3.72. The molecule has 0 N–H and O–H groups in total. The summed E-state index contributed by atoms with van der Waals surface area (Å²) in [6.45, 7) is 1.75. The molecule has 2 aromatic carbocycles. The largest absolute Gasteiger partial charge is 0.297 e. The first kappa shape index (κ1) is 18.3. The van der Waals surface area contributed by atoms with Crippen LogP contribution in [-0.2, 0) is 4.79 Å². The minimum absolute atomic E-state index is 0.0159. The second kappa shape index (κ2) is 7.81. The zero-order valence-corrected chi connectivity index (χ0v) is 15.9. The summed E-state index contributed by atoms with van der Waals surface area (Å²) in [6.07, 6.45) is 2.12. The predicted molar refractivity (Wildman–Crippen MR) is 105 cm³/mol. The summed E-state index contributed by atoms with van der Waals surface area (Å²) in [5.74, 6) is -0.240. The van der Waals surface area contributed by atoms with Gasteiger partial charge in [0.05, 0.1) is 10.0 Å². The van der Waals surface area contributed by atoms with Crippen LogP contribution in [0.15, 0.2) is 48.5 Å². The Kier molecular flexibility index (Phi) is 5.72. The van der Waals surface area contributed by atoms with Gasteiger partial charge in [-0.15, -0.1) is 0 Å². The number of thioether (sulfide) groups is 1. The maximum Gasteiger partial charge on any atom is 0.258 e. The molecule has 0 spiro atoms. The molecule has 3 rings (SSSR count). The average molecular weight is 394 g/mol. The fraction of sp³-hybridized carbons (Fsp3) is 0.263. The lowest BCUT2D eigenvalue weighted by atomic mass is 10.1. The number of carbonyl (C=O) groups excluding carboxylic acids is 2. The average Bonchev–Trinajstić information content (AvgIpc) is 3.42. The normalized spacial score (nSPS) is 14.8. The molecular weight excluding hydrogens is 377 g/mol. The number of rotatable bonds is 5. The van der Waals surface area contributed by atoms with Gasteiger partial charge in [0.2, 0.25) is 5.12 Å². The number of anilines is 1. The highest BCUT2D eigenvalue weighted by Gasteiger charge is 2.33. The van der Waals surface area contributed by atoms with E-state index in [0.29, 0.717) is 26.5 Å². The van der Waals surface area contributed by atoms with Gasteiger partial charge in [-0.1, -0.05) is 53.2 Å². The summed E-state index contributed by atoms with van der Waals surface area (Å²) >= 11 is 13.4. The number of amides is 1. The minimum atomic E-state index is -0.601. The van der Waals surface area contributed by atoms with Crippen molar-refractivity contribution in [1.29, 1.82) is 0 Å². The maximum absolute atomic E-state index is 13.1. The lowest BCUT2D eigenvalue weighted by molar-refractivity contribution is -0.111. The standard InChI is InChI=1S/C19H17Cl2NO2S/c1-12(19(24)25-15-8-9-15)22(14-7-10-16(20)17(21)11-14)18(23)13-5-3-2-4-6-13/h2-7,10-12,15H,8-9H2,1H3. The zero-order chi connectivity index (χ0) is 18.0. The van der Waals surface area contributed by atoms with Crippen LogP contribution < -0.4 is 4.90 Å². The van der Waals surface area contributed by atoms with Crippen molar-refractivity contribution in [3.63, 3.8) is 0 Å². The van der Waals surface area contributed by atoms with E-state index >= 15 is 0 Å². The van der Waals surface area contributed by atoms with Crippen LogP contribution in [-0.4, -0.2) is 22.3 Å². The van der Waals surface area contributed by atoms with Crippen LogP contribution in [0.2, 0.25) is 10.0 Å². The van der Waals surface area contributed by atoms with Crippen LogP contribution in [0.5, 0.6) is 0 Å². The summed E-state index contributed by atoms with van der Waals surface area (Å²) in [5, 5.41) is 1.12. The van der Waals surface area contributed by atoms with Crippen LogP contribution in [0.3, 0.4) is 0 Å². The van der Waals surface area contributed by atoms with Crippen LogP contribution in [0.25, 0.3) is 0 Å². The molecule has 0 heterocycles. The number of halogens is 2. The molecule has 1 unspecified atom stereocenters. The van der Waals surface area contributed by atoms with Gasteiger partial charge in [-0.05, 0) is 50.1 Å². The topological polar surface area (TPSA) is 37.4 Å². The van der Waals surface area contributed by atoms with E-state index in [1.807, 2.05) is 6.07 Å². The Morgan fingerprint density at radius 2 is 1.76 bits per heavy atom. The molecule has 0 radical (unpaired) electrons. The molecule has 1 atom stereocenters. The smallest absolute Gasteiger partial charge is 0.258 e. The molecule has 1 saturated carbocycles. The second-order valence-electron chi connectivity index (χ2n) is 5.95. The van der Waals surface area contributed by atoms with Gasteiger partial charge in [0, 0.05) is 16.5 Å². The van der Waals surface area contributed by atoms with Gasteiger partial charge in [-0.2, -0.15) is 0 Å². The molecular formula is C19H17Cl2NO2S. The third-order valence-corrected chi connectivity index (χ3v) is 6.07. The summed E-state index contributed by atoms with van der Waals surface area (Å²) in [6, 6.07) is 13.3. The Morgan fingerprint density at radius 1 is 1.08 bits per heavy atom. The van der Waals surface area contributed by atoms with E-state index in [2.05, 4.69) is 0 Å². The Morgan fingerprint density at radius 3 is 2.36 bits per heavy atom. The van der Waals surface area contributed by atoms with E-state index in [9.17, 15) is 9.59 Å². The first-order valence-electron chi connectivity index (χ1n) is 8.01. The Bertz CT molecular complexity index is 793. The highest BCUT2D eigenvalue weighted by atomic mass is 35.5. The third-order valence-electron chi connectivity index (χ3n) is 3.96. The highest BCUT2D eigenvalue weighted by Crippen LogP contribution is 2.37. The number of hydrogen-bond donors (Lipinski definition) is 0. The maximum atomic E-state index is 13.1. The van der Waals surface area contributed by atoms with Crippen LogP contribution in [0.4, 0.5) is 5.69 Å². The molecule has 3 nitrogen and oxygen atoms in total. The predicted octanol–water partition coefficient (Wildman–Crippen LogP) is 5.45. The molecule has 0 aliphatic heterocycles. The molecule has 1 aliphatic carbocycles. The Balaban J connectivity index is 1.96. The second-order valence-corrected chi connectivity index (χ2v) is 8.07. The van der Waals surface area contributed by atoms with Gasteiger partial charge in [0.15, 0.2) is 0 Å². The summed E-state index contributed by atoms with van der Waals surface area (Å²) < 4.78 is 0. The first-order chi connectivity index (χ1) is 12.0. The van der Waals surface area contributed by atoms with E-state index in [1.165, 1.54) is 16.7 Å². The van der Waals surface area contributed by atoms with Gasteiger partial charge in [-0.25, -0.2) is 0 Å². The molecule has 130 valence electrons. The van der Waals surface area contributed by atoms with Gasteiger partial charge in [-0.3, -0.25) is 14.5 Å². The SMILES string of the molecule is CC(C(=O)SC1CC1)N(C(=O)c1ccccc1)c1ccc(Cl)c(Cl)c1. The van der Waals surface area contributed by atoms with Crippen molar-refractivity contribution in [3.8, 4) is 0 Å². The zero-order valence-electron chi connectivity index (χ0n) is 13.6. The van der Waals surface area contributed by atoms with Crippen molar-refractivity contribution in [2.24, 2.45) is 0 Å². The lowest BCUT2D eigenvalue weighted by Gasteiger charge is -2.28. The van der Waals surface area contributed by atoms with Crippen molar-refractivity contribution in [2.75, 3.05) is 4.90 Å². The van der Waals surface area contributed by atoms with Crippen molar-refractivity contribution in [2.45, 2.75) is 31.1 Å². The minimum Gasteiger partial charge on any atom is -0.297 e. The molecule has 6 heteroatoms. The third kappa shape index (κ3) is 4.38. The van der Waals surface area contributed by atoms with Gasteiger partial charge < -0.3 is 0 Å². The van der Waals surface area contributed by atoms with E-state index < -0.39 is 6.04 Å². The molecule has 0 bridgehead atoms.